The molecule has 1 aliphatic heterocycles. The topological polar surface area (TPSA) is 93.9 Å². The summed E-state index contributed by atoms with van der Waals surface area (Å²) in [5.41, 5.74) is 3.75. The van der Waals surface area contributed by atoms with Gasteiger partial charge in [0.25, 0.3) is 0 Å². The van der Waals surface area contributed by atoms with Crippen molar-refractivity contribution < 1.29 is 18.7 Å². The van der Waals surface area contributed by atoms with E-state index in [0.717, 1.165) is 42.0 Å². The van der Waals surface area contributed by atoms with Crippen molar-refractivity contribution >= 4 is 33.8 Å². The number of halogens is 1. The van der Waals surface area contributed by atoms with Gasteiger partial charge in [-0.1, -0.05) is 0 Å². The molecular formula is C33H33FN6O3. The number of Topliss-reactive ketones (excluding diaryl/α,β-unsaturated/α-hetero) is 1. The van der Waals surface area contributed by atoms with E-state index in [1.165, 1.54) is 12.4 Å². The molecule has 3 aromatic heterocycles. The molecule has 6 rings (SSSR count). The number of aryl methyl sites for hydroxylation is 1. The van der Waals surface area contributed by atoms with Crippen LogP contribution in [0.15, 0.2) is 79.3 Å². The van der Waals surface area contributed by atoms with Crippen LogP contribution < -0.4 is 14.8 Å². The number of carbonyl (C=O) groups is 1. The first-order valence-electron chi connectivity index (χ1n) is 14.4. The van der Waals surface area contributed by atoms with E-state index in [-0.39, 0.29) is 12.5 Å². The van der Waals surface area contributed by atoms with Gasteiger partial charge >= 0.3 is 0 Å². The Morgan fingerprint density at radius 2 is 2.00 bits per heavy atom. The number of nitrogens with zero attached hydrogens (tertiary/aromatic N) is 5. The fourth-order valence-electron chi connectivity index (χ4n) is 5.38. The molecule has 220 valence electrons. The molecule has 0 saturated carbocycles. The lowest BCUT2D eigenvalue weighted by Gasteiger charge is -2.16. The standard InChI is InChI=1S/C33H33FN6O3/c1-4-42-31-19-28-26(15-22(31)16-29(41)27(34)17-24-6-5-11-39(24)3)33(37-20-36-28)38-23-7-8-30(21(2)14-23)43-25-9-12-40-13-10-35-32(40)18-25/h7-10,12-15,17-20,24H,4-6,11,16H2,1-3H3,(H,36,37,38)/b27-17+/t24-/m0/s1. The number of anilines is 2. The maximum Gasteiger partial charge on any atom is 0.195 e. The Morgan fingerprint density at radius 1 is 1.12 bits per heavy atom. The summed E-state index contributed by atoms with van der Waals surface area (Å²) in [6.07, 6.45) is 10.1. The molecule has 0 aliphatic carbocycles. The summed E-state index contributed by atoms with van der Waals surface area (Å²) in [4.78, 5) is 28.2. The Morgan fingerprint density at radius 3 is 2.79 bits per heavy atom. The lowest BCUT2D eigenvalue weighted by atomic mass is 10.0. The summed E-state index contributed by atoms with van der Waals surface area (Å²) >= 11 is 0. The van der Waals surface area contributed by atoms with E-state index >= 15 is 0 Å². The zero-order chi connectivity index (χ0) is 29.9. The number of pyridine rings is 1. The molecule has 1 saturated heterocycles. The lowest BCUT2D eigenvalue weighted by Crippen LogP contribution is -2.23. The van der Waals surface area contributed by atoms with Gasteiger partial charge in [-0.25, -0.2) is 19.3 Å². The van der Waals surface area contributed by atoms with Gasteiger partial charge in [-0.05, 0) is 82.3 Å². The number of carbonyl (C=O) groups excluding carboxylic acids is 1. The molecule has 1 N–H and O–H groups in total. The van der Waals surface area contributed by atoms with Gasteiger partial charge in [-0.2, -0.15) is 0 Å². The van der Waals surface area contributed by atoms with Crippen molar-refractivity contribution in [3.63, 3.8) is 0 Å². The molecule has 0 bridgehead atoms. The second kappa shape index (κ2) is 12.2. The van der Waals surface area contributed by atoms with Crippen LogP contribution in [0.5, 0.6) is 17.2 Å². The number of likely N-dealkylation sites (tertiary alicyclic amines) is 1. The van der Waals surface area contributed by atoms with Crippen molar-refractivity contribution in [1.29, 1.82) is 0 Å². The number of imidazole rings is 1. The van der Waals surface area contributed by atoms with E-state index in [9.17, 15) is 9.18 Å². The highest BCUT2D eigenvalue weighted by molar-refractivity contribution is 5.97. The molecule has 1 fully saturated rings. The number of ether oxygens (including phenoxy) is 2. The number of fused-ring (bicyclic) bond motifs is 2. The van der Waals surface area contributed by atoms with Gasteiger partial charge in [-0.3, -0.25) is 9.69 Å². The zero-order valence-corrected chi connectivity index (χ0v) is 24.4. The van der Waals surface area contributed by atoms with Crippen LogP contribution in [0.1, 0.15) is 30.9 Å². The van der Waals surface area contributed by atoms with Gasteiger partial charge in [0.2, 0.25) is 0 Å². The number of nitrogens with one attached hydrogen (secondary N) is 1. The van der Waals surface area contributed by atoms with E-state index in [4.69, 9.17) is 9.47 Å². The quantitative estimate of drug-likeness (QED) is 0.185. The third-order valence-corrected chi connectivity index (χ3v) is 7.69. The van der Waals surface area contributed by atoms with E-state index in [1.54, 1.807) is 12.3 Å². The van der Waals surface area contributed by atoms with Crippen LogP contribution in [0.4, 0.5) is 15.9 Å². The first kappa shape index (κ1) is 28.3. The highest BCUT2D eigenvalue weighted by atomic mass is 19.1. The summed E-state index contributed by atoms with van der Waals surface area (Å²) in [5.74, 6) is 1.18. The minimum absolute atomic E-state index is 0.0587. The van der Waals surface area contributed by atoms with Gasteiger partial charge < -0.3 is 19.2 Å². The Balaban J connectivity index is 1.25. The molecule has 5 aromatic rings. The molecule has 1 aliphatic rings. The van der Waals surface area contributed by atoms with Crippen molar-refractivity contribution in [3.8, 4) is 17.2 Å². The number of hydrogen-bond donors (Lipinski definition) is 1. The van der Waals surface area contributed by atoms with Crippen LogP contribution >= 0.6 is 0 Å². The van der Waals surface area contributed by atoms with Crippen LogP contribution in [0.25, 0.3) is 16.6 Å². The van der Waals surface area contributed by atoms with Crippen LogP contribution in [-0.2, 0) is 11.2 Å². The van der Waals surface area contributed by atoms with Crippen LogP contribution in [0.3, 0.4) is 0 Å². The molecule has 43 heavy (non-hydrogen) atoms. The minimum Gasteiger partial charge on any atom is -0.494 e. The number of likely N-dealkylation sites (N-methyl/N-ethyl adjacent to an activating group) is 1. The fourth-order valence-corrected chi connectivity index (χ4v) is 5.38. The third-order valence-electron chi connectivity index (χ3n) is 7.69. The maximum absolute atomic E-state index is 15.0. The maximum atomic E-state index is 15.0. The van der Waals surface area contributed by atoms with Crippen molar-refractivity contribution in [3.05, 3.63) is 90.4 Å². The second-order valence-electron chi connectivity index (χ2n) is 10.7. The molecule has 0 unspecified atom stereocenters. The van der Waals surface area contributed by atoms with E-state index in [2.05, 4.69) is 25.2 Å². The van der Waals surface area contributed by atoms with Gasteiger partial charge in [0.15, 0.2) is 11.6 Å². The van der Waals surface area contributed by atoms with E-state index < -0.39 is 11.6 Å². The van der Waals surface area contributed by atoms with Crippen molar-refractivity contribution in [2.75, 3.05) is 25.5 Å². The predicted octanol–water partition coefficient (Wildman–Crippen LogP) is 6.58. The molecule has 0 amide bonds. The van der Waals surface area contributed by atoms with Crippen LogP contribution in [0, 0.1) is 6.92 Å². The average Bonchev–Trinajstić information content (AvgIpc) is 3.63. The van der Waals surface area contributed by atoms with Crippen molar-refractivity contribution in [2.24, 2.45) is 0 Å². The largest absolute Gasteiger partial charge is 0.494 e. The van der Waals surface area contributed by atoms with Crippen molar-refractivity contribution in [2.45, 2.75) is 39.2 Å². The Kier molecular flexibility index (Phi) is 8.02. The van der Waals surface area contributed by atoms with Crippen molar-refractivity contribution in [1.82, 2.24) is 24.3 Å². The summed E-state index contributed by atoms with van der Waals surface area (Å²) in [6.45, 7) is 5.13. The van der Waals surface area contributed by atoms with Gasteiger partial charge in [-0.15, -0.1) is 0 Å². The highest BCUT2D eigenvalue weighted by Crippen LogP contribution is 2.33. The molecule has 2 aromatic carbocycles. The number of hydrogen-bond acceptors (Lipinski definition) is 8. The molecule has 1 atom stereocenters. The van der Waals surface area contributed by atoms with E-state index in [1.807, 2.05) is 74.1 Å². The monoisotopic (exact) mass is 580 g/mol. The normalized spacial score (nSPS) is 15.7. The number of aromatic nitrogens is 4. The fraction of sp³-hybridized carbons (Fsp3) is 0.273. The lowest BCUT2D eigenvalue weighted by molar-refractivity contribution is -0.116. The number of benzene rings is 2. The summed E-state index contributed by atoms with van der Waals surface area (Å²) < 4.78 is 28.8. The summed E-state index contributed by atoms with van der Waals surface area (Å²) in [5, 5.41) is 4.06. The molecule has 0 spiro atoms. The molecule has 0 radical (unpaired) electrons. The van der Waals surface area contributed by atoms with Crippen LogP contribution in [0.2, 0.25) is 0 Å². The SMILES string of the molecule is CCOc1cc2ncnc(Nc3ccc(Oc4ccn5ccnc5c4)c(C)c3)c2cc1CC(=O)/C(F)=C\[C@@H]1CCCN1C. The smallest absolute Gasteiger partial charge is 0.195 e. The molecule has 4 heterocycles. The van der Waals surface area contributed by atoms with E-state index in [0.29, 0.717) is 40.4 Å². The first-order chi connectivity index (χ1) is 20.9. The zero-order valence-electron chi connectivity index (χ0n) is 24.4. The number of rotatable bonds is 10. The summed E-state index contributed by atoms with van der Waals surface area (Å²) in [6, 6.07) is 13.1. The Bertz CT molecular complexity index is 1830. The first-order valence-corrected chi connectivity index (χ1v) is 14.4. The van der Waals surface area contributed by atoms with Gasteiger partial charge in [0.05, 0.1) is 12.1 Å². The predicted molar refractivity (Wildman–Crippen MR) is 164 cm³/mol. The Labute approximate surface area is 249 Å². The van der Waals surface area contributed by atoms with Gasteiger partial charge in [0.1, 0.15) is 35.0 Å². The molecular weight excluding hydrogens is 547 g/mol. The van der Waals surface area contributed by atoms with Gasteiger partial charge in [0, 0.05) is 59.8 Å². The molecule has 9 nitrogen and oxygen atoms in total. The summed E-state index contributed by atoms with van der Waals surface area (Å²) in [7, 11) is 1.95. The molecule has 10 heteroatoms. The average molecular weight is 581 g/mol. The number of ketones is 1. The van der Waals surface area contributed by atoms with Crippen LogP contribution in [-0.4, -0.2) is 56.3 Å². The third kappa shape index (κ3) is 6.19. The Hall–Kier alpha value is -4.83. The minimum atomic E-state index is -0.716. The number of allylic oxidation sites excluding steroid dienone is 1. The second-order valence-corrected chi connectivity index (χ2v) is 10.7. The highest BCUT2D eigenvalue weighted by Gasteiger charge is 2.22.